The summed E-state index contributed by atoms with van der Waals surface area (Å²) in [6.07, 6.45) is 5.13. The van der Waals surface area contributed by atoms with Crippen molar-refractivity contribution >= 4 is 24.3 Å². The third-order valence-electron chi connectivity index (χ3n) is 13.2. The van der Waals surface area contributed by atoms with Gasteiger partial charge in [0, 0.05) is 23.7 Å². The van der Waals surface area contributed by atoms with E-state index in [4.69, 9.17) is 9.39 Å². The number of ketones is 1. The monoisotopic (exact) mass is 613 g/mol. The fraction of sp³-hybridized carbons (Fsp3) is 0.765. The first kappa shape index (κ1) is 32.0. The van der Waals surface area contributed by atoms with Crippen molar-refractivity contribution in [1.29, 1.82) is 0 Å². The van der Waals surface area contributed by atoms with Crippen molar-refractivity contribution in [2.24, 2.45) is 39.9 Å². The van der Waals surface area contributed by atoms with Crippen LogP contribution in [0, 0.1) is 45.7 Å². The van der Waals surface area contributed by atoms with Gasteiger partial charge in [-0.3, -0.25) is 4.79 Å². The summed E-state index contributed by atoms with van der Waals surface area (Å²) in [5, 5.41) is 33.4. The summed E-state index contributed by atoms with van der Waals surface area (Å²) < 4.78 is 27.2. The molecule has 0 radical (unpaired) electrons. The van der Waals surface area contributed by atoms with Crippen molar-refractivity contribution in [3.63, 3.8) is 0 Å². The second kappa shape index (κ2) is 11.7. The highest BCUT2D eigenvalue weighted by Gasteiger charge is 2.69. The number of ether oxygens (including phenoxy) is 1. The number of piperidine rings is 1. The number of rotatable bonds is 7. The number of likely N-dealkylation sites (tertiary alicyclic amines) is 1. The van der Waals surface area contributed by atoms with Gasteiger partial charge in [0.1, 0.15) is 5.78 Å². The summed E-state index contributed by atoms with van der Waals surface area (Å²) in [5.41, 5.74) is -1.35. The van der Waals surface area contributed by atoms with Crippen LogP contribution in [0.3, 0.4) is 0 Å². The molecule has 1 unspecified atom stereocenters. The predicted octanol–water partition coefficient (Wildman–Crippen LogP) is 4.18. The van der Waals surface area contributed by atoms with Gasteiger partial charge in [0.15, 0.2) is 17.7 Å². The van der Waals surface area contributed by atoms with Crippen LogP contribution in [0.15, 0.2) is 12.1 Å². The molecule has 10 heteroatoms. The molecule has 242 valence electrons. The fourth-order valence-electron chi connectivity index (χ4n) is 10.4. The smallest absolute Gasteiger partial charge is 0.478 e. The Morgan fingerprint density at radius 2 is 1.93 bits per heavy atom. The van der Waals surface area contributed by atoms with Crippen LogP contribution in [0.2, 0.25) is 0 Å². The van der Waals surface area contributed by atoms with Gasteiger partial charge in [-0.2, -0.15) is 0 Å². The number of hydrogen-bond donors (Lipinski definition) is 3. The van der Waals surface area contributed by atoms with Crippen LogP contribution < -0.4 is 10.2 Å². The number of carboxylic acid groups (broad SMARTS) is 1. The molecule has 1 saturated heterocycles. The van der Waals surface area contributed by atoms with E-state index in [-0.39, 0.29) is 35.4 Å². The molecule has 3 aliphatic carbocycles. The lowest BCUT2D eigenvalue weighted by atomic mass is 9.41. The van der Waals surface area contributed by atoms with Gasteiger partial charge in [-0.05, 0) is 104 Å². The number of nitrogens with zero attached hydrogens (tertiary/aromatic N) is 1. The molecule has 3 saturated carbocycles. The Morgan fingerprint density at radius 3 is 2.64 bits per heavy atom. The Labute approximate surface area is 260 Å². The van der Waals surface area contributed by atoms with Gasteiger partial charge in [-0.15, -0.1) is 0 Å². The standard InChI is InChI=1S/C34H49BFNO7/c1-20-10-12-34-13-11-24(38)29(34)33(20,4)23(18-32(3,30(39)21(34)2)14-17-37-15-6-5-7-16-37)28(31(40)41)44-25-9-8-22-19-43-35(42)26(22)27(25)36/h8-9,20-21,23,28-30,39,42H,5-7,10-19H2,1-4H3,(H,40,41)/t20-,21+,23+,28?,29+,30+,32+,33-,34+/m1/s1. The van der Waals surface area contributed by atoms with Crippen LogP contribution in [0.5, 0.6) is 5.75 Å². The zero-order chi connectivity index (χ0) is 31.6. The Morgan fingerprint density at radius 1 is 1.20 bits per heavy atom. The summed E-state index contributed by atoms with van der Waals surface area (Å²) in [7, 11) is -1.44. The molecule has 1 aromatic rings. The summed E-state index contributed by atoms with van der Waals surface area (Å²) in [5.74, 6) is -3.34. The van der Waals surface area contributed by atoms with Crippen LogP contribution in [-0.2, 0) is 20.9 Å². The first-order valence-electron chi connectivity index (χ1n) is 16.8. The minimum Gasteiger partial charge on any atom is -0.478 e. The summed E-state index contributed by atoms with van der Waals surface area (Å²) in [4.78, 5) is 29.6. The Bertz CT molecular complexity index is 1290. The molecule has 3 N–H and O–H groups in total. The van der Waals surface area contributed by atoms with E-state index >= 15 is 4.39 Å². The summed E-state index contributed by atoms with van der Waals surface area (Å²) in [6, 6.07) is 3.02. The van der Waals surface area contributed by atoms with E-state index in [0.717, 1.165) is 45.3 Å². The van der Waals surface area contributed by atoms with Crippen molar-refractivity contribution in [2.75, 3.05) is 19.6 Å². The van der Waals surface area contributed by atoms with Gasteiger partial charge in [-0.1, -0.05) is 40.2 Å². The molecule has 2 aliphatic heterocycles. The highest BCUT2D eigenvalue weighted by molar-refractivity contribution is 6.61. The lowest BCUT2D eigenvalue weighted by Gasteiger charge is -2.63. The molecule has 2 heterocycles. The SMILES string of the molecule is C[C@@H]1CC[C@@]23CCC(=O)[C@H]2[C@@]1(C)[C@H](C(Oc1ccc2c(c1F)B(O)OC2)C(=O)O)C[C@](C)(CCN1CCCCC1)[C@@H](O)[C@@H]3C. The molecule has 0 amide bonds. The topological polar surface area (TPSA) is 117 Å². The molecule has 0 spiro atoms. The van der Waals surface area contributed by atoms with Crippen molar-refractivity contribution < 1.29 is 38.6 Å². The maximum atomic E-state index is 15.8. The van der Waals surface area contributed by atoms with Gasteiger partial charge >= 0.3 is 13.1 Å². The second-order valence-electron chi connectivity index (χ2n) is 15.3. The van der Waals surface area contributed by atoms with Gasteiger partial charge in [0.2, 0.25) is 0 Å². The van der Waals surface area contributed by atoms with E-state index in [2.05, 4.69) is 32.6 Å². The number of hydrogen-bond acceptors (Lipinski definition) is 7. The maximum absolute atomic E-state index is 15.8. The van der Waals surface area contributed by atoms with Gasteiger partial charge in [-0.25, -0.2) is 9.18 Å². The first-order chi connectivity index (χ1) is 20.8. The molecular weight excluding hydrogens is 564 g/mol. The molecule has 1 aromatic carbocycles. The van der Waals surface area contributed by atoms with Gasteiger partial charge in [0.25, 0.3) is 0 Å². The Balaban J connectivity index is 1.45. The van der Waals surface area contributed by atoms with E-state index in [1.54, 1.807) is 6.07 Å². The van der Waals surface area contributed by atoms with E-state index < -0.39 is 59.2 Å². The summed E-state index contributed by atoms with van der Waals surface area (Å²) >= 11 is 0. The quantitative estimate of drug-likeness (QED) is 0.393. The second-order valence-corrected chi connectivity index (χ2v) is 15.3. The molecule has 6 rings (SSSR count). The molecule has 0 aromatic heterocycles. The number of carbonyl (C=O) groups is 2. The summed E-state index contributed by atoms with van der Waals surface area (Å²) in [6.45, 7) is 11.3. The maximum Gasteiger partial charge on any atom is 0.494 e. The van der Waals surface area contributed by atoms with Crippen LogP contribution in [-0.4, -0.2) is 70.9 Å². The number of halogens is 1. The van der Waals surface area contributed by atoms with E-state index in [0.29, 0.717) is 31.2 Å². The minimum absolute atomic E-state index is 0.0204. The van der Waals surface area contributed by atoms with Crippen LogP contribution in [0.1, 0.15) is 91.0 Å². The largest absolute Gasteiger partial charge is 0.494 e. The highest BCUT2D eigenvalue weighted by Crippen LogP contribution is 2.69. The predicted molar refractivity (Wildman–Crippen MR) is 164 cm³/mol. The van der Waals surface area contributed by atoms with E-state index in [1.165, 1.54) is 12.5 Å². The third-order valence-corrected chi connectivity index (χ3v) is 13.2. The number of Topliss-reactive ketones (excluding diaryl/α,β-unsaturated/α-hetero) is 1. The number of benzene rings is 1. The van der Waals surface area contributed by atoms with Crippen LogP contribution in [0.4, 0.5) is 4.39 Å². The number of aliphatic hydroxyl groups is 1. The Hall–Kier alpha value is -2.01. The van der Waals surface area contributed by atoms with Gasteiger partial charge in [0.05, 0.1) is 12.7 Å². The van der Waals surface area contributed by atoms with E-state index in [1.807, 2.05) is 0 Å². The van der Waals surface area contributed by atoms with Crippen LogP contribution >= 0.6 is 0 Å². The average Bonchev–Trinajstić information content (AvgIpc) is 3.56. The number of carboxylic acids is 1. The highest BCUT2D eigenvalue weighted by atomic mass is 19.1. The fourth-order valence-corrected chi connectivity index (χ4v) is 10.4. The molecular formula is C34H49BFNO7. The number of aliphatic carboxylic acids is 1. The number of carbonyl (C=O) groups excluding carboxylic acids is 1. The normalized spacial score (nSPS) is 39.8. The third kappa shape index (κ3) is 4.94. The first-order valence-corrected chi connectivity index (χ1v) is 16.8. The van der Waals surface area contributed by atoms with Crippen LogP contribution in [0.25, 0.3) is 0 Å². The zero-order valence-electron chi connectivity index (χ0n) is 26.7. The van der Waals surface area contributed by atoms with Crippen molar-refractivity contribution in [3.05, 3.63) is 23.5 Å². The zero-order valence-corrected chi connectivity index (χ0v) is 26.7. The number of fused-ring (bicyclic) bond motifs is 1. The molecule has 2 bridgehead atoms. The number of aliphatic hydroxyl groups excluding tert-OH is 1. The van der Waals surface area contributed by atoms with Crippen molar-refractivity contribution in [2.45, 2.75) is 104 Å². The molecule has 9 atom stereocenters. The lowest BCUT2D eigenvalue weighted by molar-refractivity contribution is -0.200. The Kier molecular flexibility index (Phi) is 8.47. The molecule has 44 heavy (non-hydrogen) atoms. The van der Waals surface area contributed by atoms with Crippen molar-refractivity contribution in [1.82, 2.24) is 4.90 Å². The molecule has 8 nitrogen and oxygen atoms in total. The van der Waals surface area contributed by atoms with E-state index in [9.17, 15) is 24.8 Å². The minimum atomic E-state index is -1.46. The lowest BCUT2D eigenvalue weighted by Crippen LogP contribution is -2.64. The van der Waals surface area contributed by atoms with Crippen molar-refractivity contribution in [3.8, 4) is 5.75 Å². The van der Waals surface area contributed by atoms with Gasteiger partial charge < -0.3 is 29.5 Å². The molecule has 5 aliphatic rings. The average molecular weight is 614 g/mol. The molecule has 4 fully saturated rings.